The lowest BCUT2D eigenvalue weighted by molar-refractivity contribution is -0.150. The van der Waals surface area contributed by atoms with Crippen LogP contribution in [-0.2, 0) is 14.3 Å². The second-order valence-corrected chi connectivity index (χ2v) is 4.22. The van der Waals surface area contributed by atoms with Gasteiger partial charge in [-0.2, -0.15) is 5.26 Å². The number of carbonyl (C=O) groups excluding carboxylic acids is 2. The van der Waals surface area contributed by atoms with E-state index in [2.05, 4.69) is 10.1 Å². The average molecular weight is 244 g/mol. The van der Waals surface area contributed by atoms with E-state index in [-0.39, 0.29) is 5.91 Å². The first-order chi connectivity index (χ1) is 8.62. The number of hydrogen-bond donors (Lipinski definition) is 1. The van der Waals surface area contributed by atoms with Crippen LogP contribution in [0.25, 0.3) is 0 Å². The zero-order valence-electron chi connectivity index (χ0n) is 9.90. The highest BCUT2D eigenvalue weighted by molar-refractivity contribution is 6.11. The maximum Gasteiger partial charge on any atom is 0.321 e. The van der Waals surface area contributed by atoms with Crippen molar-refractivity contribution in [2.75, 3.05) is 12.4 Å². The molecule has 1 fully saturated rings. The first-order valence-corrected chi connectivity index (χ1v) is 5.52. The van der Waals surface area contributed by atoms with Crippen molar-refractivity contribution < 1.29 is 14.3 Å². The van der Waals surface area contributed by atoms with E-state index in [0.717, 1.165) is 0 Å². The van der Waals surface area contributed by atoms with E-state index in [4.69, 9.17) is 5.26 Å². The van der Waals surface area contributed by atoms with Gasteiger partial charge in [-0.25, -0.2) is 0 Å². The normalized spacial score (nSPS) is 15.3. The van der Waals surface area contributed by atoms with Gasteiger partial charge in [0.25, 0.3) is 0 Å². The van der Waals surface area contributed by atoms with Crippen molar-refractivity contribution in [3.63, 3.8) is 0 Å². The number of nitriles is 1. The predicted molar refractivity (Wildman–Crippen MR) is 63.5 cm³/mol. The Balaban J connectivity index is 2.08. The topological polar surface area (TPSA) is 79.2 Å². The van der Waals surface area contributed by atoms with Gasteiger partial charge in [-0.05, 0) is 37.1 Å². The van der Waals surface area contributed by atoms with Crippen molar-refractivity contribution >= 4 is 17.6 Å². The van der Waals surface area contributed by atoms with E-state index in [0.29, 0.717) is 24.1 Å². The molecule has 0 atom stereocenters. The van der Waals surface area contributed by atoms with Crippen LogP contribution >= 0.6 is 0 Å². The maximum atomic E-state index is 12.0. The molecular formula is C13H12N2O3. The van der Waals surface area contributed by atoms with Gasteiger partial charge in [0.15, 0.2) is 0 Å². The van der Waals surface area contributed by atoms with E-state index in [1.807, 2.05) is 6.07 Å². The molecule has 0 bridgehead atoms. The van der Waals surface area contributed by atoms with Gasteiger partial charge in [0.1, 0.15) is 5.41 Å². The van der Waals surface area contributed by atoms with Crippen molar-refractivity contribution in [1.82, 2.24) is 0 Å². The lowest BCUT2D eigenvalue weighted by Crippen LogP contribution is -2.32. The Labute approximate surface area is 104 Å². The summed E-state index contributed by atoms with van der Waals surface area (Å²) in [6.45, 7) is 0. The second kappa shape index (κ2) is 4.49. The third kappa shape index (κ3) is 2.05. The minimum absolute atomic E-state index is 0.348. The lowest BCUT2D eigenvalue weighted by Gasteiger charge is -2.12. The van der Waals surface area contributed by atoms with E-state index in [1.54, 1.807) is 24.3 Å². The molecule has 0 saturated heterocycles. The summed E-state index contributed by atoms with van der Waals surface area (Å²) in [5.74, 6) is -0.840. The number of nitrogens with zero attached hydrogens (tertiary/aromatic N) is 1. The van der Waals surface area contributed by atoms with Gasteiger partial charge in [-0.1, -0.05) is 0 Å². The van der Waals surface area contributed by atoms with Crippen LogP contribution in [-0.4, -0.2) is 19.0 Å². The minimum Gasteiger partial charge on any atom is -0.468 e. The molecule has 1 aliphatic carbocycles. The van der Waals surface area contributed by atoms with E-state index in [9.17, 15) is 9.59 Å². The second-order valence-electron chi connectivity index (χ2n) is 4.22. The van der Waals surface area contributed by atoms with Gasteiger partial charge in [-0.3, -0.25) is 9.59 Å². The molecule has 0 spiro atoms. The molecule has 1 aromatic rings. The summed E-state index contributed by atoms with van der Waals surface area (Å²) in [6, 6.07) is 8.46. The highest BCUT2D eigenvalue weighted by Gasteiger charge is 2.57. The van der Waals surface area contributed by atoms with Crippen LogP contribution in [0.3, 0.4) is 0 Å². The Hall–Kier alpha value is -2.35. The van der Waals surface area contributed by atoms with Crippen LogP contribution in [0.5, 0.6) is 0 Å². The highest BCUT2D eigenvalue weighted by atomic mass is 16.5. The summed E-state index contributed by atoms with van der Waals surface area (Å²) in [6.07, 6.45) is 1.03. The molecule has 1 aliphatic rings. The molecule has 1 aromatic carbocycles. The number of anilines is 1. The van der Waals surface area contributed by atoms with Crippen LogP contribution < -0.4 is 5.32 Å². The number of hydrogen-bond acceptors (Lipinski definition) is 4. The lowest BCUT2D eigenvalue weighted by atomic mass is 10.1. The van der Waals surface area contributed by atoms with E-state index in [1.165, 1.54) is 7.11 Å². The molecule has 5 heteroatoms. The van der Waals surface area contributed by atoms with Gasteiger partial charge in [-0.15, -0.1) is 0 Å². The van der Waals surface area contributed by atoms with Gasteiger partial charge in [0.2, 0.25) is 5.91 Å². The smallest absolute Gasteiger partial charge is 0.321 e. The van der Waals surface area contributed by atoms with E-state index >= 15 is 0 Å². The molecule has 5 nitrogen and oxygen atoms in total. The molecule has 92 valence electrons. The maximum absolute atomic E-state index is 12.0. The van der Waals surface area contributed by atoms with Crippen LogP contribution in [0.1, 0.15) is 18.4 Å². The minimum atomic E-state index is -1.01. The number of benzene rings is 1. The number of nitrogens with one attached hydrogen (secondary N) is 1. The fourth-order valence-electron chi connectivity index (χ4n) is 1.72. The van der Waals surface area contributed by atoms with Crippen molar-refractivity contribution in [1.29, 1.82) is 5.26 Å². The fraction of sp³-hybridized carbons (Fsp3) is 0.308. The summed E-state index contributed by atoms with van der Waals surface area (Å²) in [7, 11) is 1.28. The average Bonchev–Trinajstić information content (AvgIpc) is 3.20. The van der Waals surface area contributed by atoms with Crippen LogP contribution in [0.4, 0.5) is 5.69 Å². The summed E-state index contributed by atoms with van der Waals surface area (Å²) in [4.78, 5) is 23.5. The third-order valence-corrected chi connectivity index (χ3v) is 3.03. The number of methoxy groups -OCH3 is 1. The number of ether oxygens (including phenoxy) is 1. The predicted octanol–water partition coefficient (Wildman–Crippen LogP) is 1.45. The Morgan fingerprint density at radius 1 is 1.33 bits per heavy atom. The molecule has 1 amide bonds. The van der Waals surface area contributed by atoms with Crippen molar-refractivity contribution in [2.45, 2.75) is 12.8 Å². The van der Waals surface area contributed by atoms with Crippen molar-refractivity contribution in [3.05, 3.63) is 29.8 Å². The SMILES string of the molecule is COC(=O)C1(C(=O)Nc2ccc(C#N)cc2)CC1. The number of esters is 1. The molecule has 0 radical (unpaired) electrons. The first-order valence-electron chi connectivity index (χ1n) is 5.52. The molecule has 1 saturated carbocycles. The molecule has 0 aromatic heterocycles. The first kappa shape index (κ1) is 12.1. The van der Waals surface area contributed by atoms with Gasteiger partial charge in [0, 0.05) is 5.69 Å². The largest absolute Gasteiger partial charge is 0.468 e. The number of rotatable bonds is 3. The number of amides is 1. The number of carbonyl (C=O) groups is 2. The Kier molecular flexibility index (Phi) is 3.02. The summed E-state index contributed by atoms with van der Waals surface area (Å²) in [5.41, 5.74) is 0.0686. The quantitative estimate of drug-likeness (QED) is 0.644. The molecule has 0 heterocycles. The Morgan fingerprint density at radius 3 is 2.39 bits per heavy atom. The Morgan fingerprint density at radius 2 is 1.94 bits per heavy atom. The Bertz CT molecular complexity index is 524. The molecular weight excluding hydrogens is 232 g/mol. The molecule has 2 rings (SSSR count). The van der Waals surface area contributed by atoms with Gasteiger partial charge < -0.3 is 10.1 Å². The van der Waals surface area contributed by atoms with Gasteiger partial charge in [0.05, 0.1) is 18.7 Å². The molecule has 0 unspecified atom stereocenters. The monoisotopic (exact) mass is 244 g/mol. The third-order valence-electron chi connectivity index (χ3n) is 3.03. The zero-order chi connectivity index (χ0) is 13.2. The van der Waals surface area contributed by atoms with Crippen molar-refractivity contribution in [2.24, 2.45) is 5.41 Å². The van der Waals surface area contributed by atoms with Crippen LogP contribution in [0.2, 0.25) is 0 Å². The molecule has 1 N–H and O–H groups in total. The summed E-state index contributed by atoms with van der Waals surface area (Å²) < 4.78 is 4.63. The zero-order valence-corrected chi connectivity index (χ0v) is 9.90. The molecule has 0 aliphatic heterocycles. The van der Waals surface area contributed by atoms with Crippen LogP contribution in [0, 0.1) is 16.7 Å². The summed E-state index contributed by atoms with van der Waals surface area (Å²) in [5, 5.41) is 11.3. The highest BCUT2D eigenvalue weighted by Crippen LogP contribution is 2.47. The summed E-state index contributed by atoms with van der Waals surface area (Å²) >= 11 is 0. The standard InChI is InChI=1S/C13H12N2O3/c1-18-12(17)13(6-7-13)11(16)15-10-4-2-9(8-14)3-5-10/h2-5H,6-7H2,1H3,(H,15,16). The fourth-order valence-corrected chi connectivity index (χ4v) is 1.72. The van der Waals surface area contributed by atoms with Crippen LogP contribution in [0.15, 0.2) is 24.3 Å². The molecule has 18 heavy (non-hydrogen) atoms. The van der Waals surface area contributed by atoms with Gasteiger partial charge >= 0.3 is 5.97 Å². The van der Waals surface area contributed by atoms with Crippen molar-refractivity contribution in [3.8, 4) is 6.07 Å². The van der Waals surface area contributed by atoms with E-state index < -0.39 is 11.4 Å².